The number of aromatic nitrogens is 1. The van der Waals surface area contributed by atoms with E-state index >= 15 is 0 Å². The molecule has 0 bridgehead atoms. The molecular weight excluding hydrogens is 210 g/mol. The normalized spacial score (nSPS) is 23.6. The first-order valence-electron chi connectivity index (χ1n) is 6.44. The lowest BCUT2D eigenvalue weighted by Gasteiger charge is -2.39. The van der Waals surface area contributed by atoms with Gasteiger partial charge in [-0.05, 0) is 37.4 Å². The van der Waals surface area contributed by atoms with Crippen LogP contribution in [0.2, 0.25) is 0 Å². The zero-order chi connectivity index (χ0) is 12.3. The second-order valence-corrected chi connectivity index (χ2v) is 5.66. The summed E-state index contributed by atoms with van der Waals surface area (Å²) in [6.07, 6.45) is 1.19. The van der Waals surface area contributed by atoms with E-state index in [4.69, 9.17) is 0 Å². The molecule has 2 heterocycles. The van der Waals surface area contributed by atoms with Gasteiger partial charge in [0.1, 0.15) is 0 Å². The van der Waals surface area contributed by atoms with E-state index in [2.05, 4.69) is 41.6 Å². The third-order valence-electron chi connectivity index (χ3n) is 3.61. The van der Waals surface area contributed by atoms with Crippen LogP contribution in [0.5, 0.6) is 0 Å². The molecule has 17 heavy (non-hydrogen) atoms. The Balaban J connectivity index is 1.93. The van der Waals surface area contributed by atoms with E-state index in [0.717, 1.165) is 31.0 Å². The van der Waals surface area contributed by atoms with Gasteiger partial charge in [0.05, 0.1) is 5.69 Å². The second-order valence-electron chi connectivity index (χ2n) is 5.66. The van der Waals surface area contributed by atoms with Crippen molar-refractivity contribution in [2.75, 3.05) is 13.1 Å². The summed E-state index contributed by atoms with van der Waals surface area (Å²) in [5.41, 5.74) is 2.55. The number of pyridine rings is 1. The zero-order valence-corrected chi connectivity index (χ0v) is 11.1. The minimum atomic E-state index is 0.322. The highest BCUT2D eigenvalue weighted by atomic mass is 15.0. The SMILES string of the molecule is Cc1cccc(CNC2CCNCC2(C)C)n1. The molecule has 2 rings (SSSR count). The van der Waals surface area contributed by atoms with Crippen LogP contribution in [-0.2, 0) is 6.54 Å². The molecule has 0 spiro atoms. The Morgan fingerprint density at radius 1 is 1.47 bits per heavy atom. The van der Waals surface area contributed by atoms with Gasteiger partial charge in [0, 0.05) is 24.8 Å². The molecule has 1 aromatic rings. The largest absolute Gasteiger partial charge is 0.316 e. The molecule has 0 aliphatic carbocycles. The Morgan fingerprint density at radius 2 is 2.29 bits per heavy atom. The first-order chi connectivity index (χ1) is 8.08. The van der Waals surface area contributed by atoms with Gasteiger partial charge < -0.3 is 10.6 Å². The van der Waals surface area contributed by atoms with E-state index in [1.165, 1.54) is 6.42 Å². The Hall–Kier alpha value is -0.930. The Bertz CT molecular complexity index is 373. The Morgan fingerprint density at radius 3 is 3.00 bits per heavy atom. The molecule has 1 saturated heterocycles. The molecule has 94 valence electrons. The van der Waals surface area contributed by atoms with Gasteiger partial charge in [0.2, 0.25) is 0 Å². The summed E-state index contributed by atoms with van der Waals surface area (Å²) >= 11 is 0. The van der Waals surface area contributed by atoms with E-state index in [-0.39, 0.29) is 0 Å². The smallest absolute Gasteiger partial charge is 0.0544 e. The third-order valence-corrected chi connectivity index (χ3v) is 3.61. The lowest BCUT2D eigenvalue weighted by atomic mass is 9.80. The van der Waals surface area contributed by atoms with Crippen molar-refractivity contribution in [1.29, 1.82) is 0 Å². The minimum Gasteiger partial charge on any atom is -0.316 e. The number of hydrogen-bond donors (Lipinski definition) is 2. The molecule has 3 heteroatoms. The number of piperidine rings is 1. The van der Waals surface area contributed by atoms with E-state index in [9.17, 15) is 0 Å². The van der Waals surface area contributed by atoms with Gasteiger partial charge in [-0.2, -0.15) is 0 Å². The number of aryl methyl sites for hydroxylation is 1. The quantitative estimate of drug-likeness (QED) is 0.837. The van der Waals surface area contributed by atoms with E-state index < -0.39 is 0 Å². The first-order valence-corrected chi connectivity index (χ1v) is 6.44. The maximum Gasteiger partial charge on any atom is 0.0544 e. The van der Waals surface area contributed by atoms with Crippen LogP contribution in [0.4, 0.5) is 0 Å². The molecular formula is C14H23N3. The average Bonchev–Trinajstić information content (AvgIpc) is 2.27. The Labute approximate surface area is 104 Å². The van der Waals surface area contributed by atoms with Gasteiger partial charge in [-0.15, -0.1) is 0 Å². The molecule has 3 nitrogen and oxygen atoms in total. The van der Waals surface area contributed by atoms with Crippen molar-refractivity contribution in [2.24, 2.45) is 5.41 Å². The summed E-state index contributed by atoms with van der Waals surface area (Å²) in [6.45, 7) is 9.75. The number of nitrogens with zero attached hydrogens (tertiary/aromatic N) is 1. The van der Waals surface area contributed by atoms with Crippen LogP contribution in [0.1, 0.15) is 31.7 Å². The van der Waals surface area contributed by atoms with Crippen LogP contribution in [0, 0.1) is 12.3 Å². The highest BCUT2D eigenvalue weighted by molar-refractivity contribution is 5.10. The van der Waals surface area contributed by atoms with Crippen molar-refractivity contribution in [1.82, 2.24) is 15.6 Å². The first kappa shape index (κ1) is 12.5. The van der Waals surface area contributed by atoms with Crippen molar-refractivity contribution in [3.05, 3.63) is 29.6 Å². The van der Waals surface area contributed by atoms with Crippen LogP contribution < -0.4 is 10.6 Å². The molecule has 2 N–H and O–H groups in total. The maximum absolute atomic E-state index is 4.53. The van der Waals surface area contributed by atoms with Crippen LogP contribution >= 0.6 is 0 Å². The summed E-state index contributed by atoms with van der Waals surface area (Å²) in [6, 6.07) is 6.78. The monoisotopic (exact) mass is 233 g/mol. The second kappa shape index (κ2) is 5.15. The van der Waals surface area contributed by atoms with E-state index in [0.29, 0.717) is 11.5 Å². The lowest BCUT2D eigenvalue weighted by molar-refractivity contribution is 0.183. The number of rotatable bonds is 3. The predicted molar refractivity (Wildman–Crippen MR) is 70.9 cm³/mol. The van der Waals surface area contributed by atoms with Gasteiger partial charge in [0.25, 0.3) is 0 Å². The molecule has 1 aromatic heterocycles. The van der Waals surface area contributed by atoms with Crippen molar-refractivity contribution >= 4 is 0 Å². The molecule has 1 aliphatic rings. The number of hydrogen-bond acceptors (Lipinski definition) is 3. The molecule has 0 amide bonds. The molecule has 1 fully saturated rings. The summed E-state index contributed by atoms with van der Waals surface area (Å²) in [5.74, 6) is 0. The number of nitrogens with one attached hydrogen (secondary N) is 2. The third kappa shape index (κ3) is 3.27. The highest BCUT2D eigenvalue weighted by Gasteiger charge is 2.31. The fourth-order valence-corrected chi connectivity index (χ4v) is 2.47. The highest BCUT2D eigenvalue weighted by Crippen LogP contribution is 2.25. The van der Waals surface area contributed by atoms with Crippen LogP contribution in [0.25, 0.3) is 0 Å². The topological polar surface area (TPSA) is 37.0 Å². The fraction of sp³-hybridized carbons (Fsp3) is 0.643. The maximum atomic E-state index is 4.53. The predicted octanol–water partition coefficient (Wildman–Crippen LogP) is 1.87. The zero-order valence-electron chi connectivity index (χ0n) is 11.1. The van der Waals surface area contributed by atoms with E-state index in [1.54, 1.807) is 0 Å². The van der Waals surface area contributed by atoms with Crippen molar-refractivity contribution < 1.29 is 0 Å². The summed E-state index contributed by atoms with van der Waals surface area (Å²) in [7, 11) is 0. The summed E-state index contributed by atoms with van der Waals surface area (Å²) < 4.78 is 0. The van der Waals surface area contributed by atoms with Gasteiger partial charge in [0.15, 0.2) is 0 Å². The molecule has 0 radical (unpaired) electrons. The van der Waals surface area contributed by atoms with Crippen LogP contribution in [0.3, 0.4) is 0 Å². The average molecular weight is 233 g/mol. The van der Waals surface area contributed by atoms with Gasteiger partial charge >= 0.3 is 0 Å². The van der Waals surface area contributed by atoms with Gasteiger partial charge in [-0.1, -0.05) is 19.9 Å². The van der Waals surface area contributed by atoms with Crippen molar-refractivity contribution in [2.45, 2.75) is 39.8 Å². The molecule has 1 unspecified atom stereocenters. The fourth-order valence-electron chi connectivity index (χ4n) is 2.47. The van der Waals surface area contributed by atoms with Crippen LogP contribution in [0.15, 0.2) is 18.2 Å². The molecule has 1 aliphatic heterocycles. The Kier molecular flexibility index (Phi) is 3.79. The summed E-state index contributed by atoms with van der Waals surface area (Å²) in [5, 5.41) is 7.11. The van der Waals surface area contributed by atoms with Gasteiger partial charge in [-0.25, -0.2) is 0 Å². The molecule has 0 aromatic carbocycles. The lowest BCUT2D eigenvalue weighted by Crippen LogP contribution is -2.52. The molecule has 0 saturated carbocycles. The van der Waals surface area contributed by atoms with Gasteiger partial charge in [-0.3, -0.25) is 4.98 Å². The van der Waals surface area contributed by atoms with Crippen LogP contribution in [-0.4, -0.2) is 24.1 Å². The van der Waals surface area contributed by atoms with E-state index in [1.807, 2.05) is 13.0 Å². The van der Waals surface area contributed by atoms with Crippen molar-refractivity contribution in [3.63, 3.8) is 0 Å². The minimum absolute atomic E-state index is 0.322. The summed E-state index contributed by atoms with van der Waals surface area (Å²) in [4.78, 5) is 4.53. The standard InChI is InChI=1S/C14H23N3/c1-11-5-4-6-12(17-11)9-16-13-7-8-15-10-14(13,2)3/h4-6,13,15-16H,7-10H2,1-3H3. The van der Waals surface area contributed by atoms with Crippen molar-refractivity contribution in [3.8, 4) is 0 Å². The molecule has 1 atom stereocenters.